The van der Waals surface area contributed by atoms with Crippen molar-refractivity contribution in [1.82, 2.24) is 4.40 Å². The van der Waals surface area contributed by atoms with Crippen LogP contribution in [-0.4, -0.2) is 29.5 Å². The molecule has 2 aromatic rings. The molecule has 2 rings (SSSR count). The van der Waals surface area contributed by atoms with Crippen LogP contribution in [0.25, 0.3) is 5.52 Å². The molecule has 2 aromatic heterocycles. The molecule has 94 valence electrons. The Hall–Kier alpha value is -2.57. The zero-order valence-electron chi connectivity index (χ0n) is 9.75. The lowest BCUT2D eigenvalue weighted by molar-refractivity contribution is -0.384. The summed E-state index contributed by atoms with van der Waals surface area (Å²) in [5.74, 6) is -0.310. The molecule has 0 radical (unpaired) electrons. The summed E-state index contributed by atoms with van der Waals surface area (Å²) < 4.78 is 11.3. The number of hydrogen-bond donors (Lipinski definition) is 0. The minimum atomic E-state index is -0.557. The minimum absolute atomic E-state index is 0.0738. The Morgan fingerprint density at radius 2 is 2.17 bits per heavy atom. The zero-order chi connectivity index (χ0) is 13.3. The molecule has 0 fully saturated rings. The van der Waals surface area contributed by atoms with Gasteiger partial charge >= 0.3 is 5.97 Å². The number of methoxy groups -OCH3 is 2. The summed E-state index contributed by atoms with van der Waals surface area (Å²) in [6.45, 7) is 0. The van der Waals surface area contributed by atoms with Gasteiger partial charge in [0.25, 0.3) is 5.69 Å². The number of nitro groups is 1. The Bertz CT molecular complexity index is 632. The van der Waals surface area contributed by atoms with E-state index in [2.05, 4.69) is 4.74 Å². The van der Waals surface area contributed by atoms with Gasteiger partial charge in [0.2, 0.25) is 0 Å². The molecule has 0 N–H and O–H groups in total. The summed E-state index contributed by atoms with van der Waals surface area (Å²) in [7, 11) is 2.65. The van der Waals surface area contributed by atoms with E-state index < -0.39 is 10.9 Å². The summed E-state index contributed by atoms with van der Waals surface area (Å²) in [4.78, 5) is 21.7. The maximum atomic E-state index is 11.5. The third kappa shape index (κ3) is 1.75. The molecule has 0 amide bonds. The van der Waals surface area contributed by atoms with Gasteiger partial charge in [0.05, 0.1) is 30.9 Å². The van der Waals surface area contributed by atoms with E-state index in [4.69, 9.17) is 4.74 Å². The lowest BCUT2D eigenvalue weighted by atomic mass is 10.2. The number of ether oxygens (including phenoxy) is 2. The SMILES string of the molecule is COC(=O)c1ccn2cc([N+](=O)[O-])cc2c1OC. The summed E-state index contributed by atoms with van der Waals surface area (Å²) in [5, 5.41) is 10.7. The Labute approximate surface area is 102 Å². The van der Waals surface area contributed by atoms with E-state index >= 15 is 0 Å². The van der Waals surface area contributed by atoms with E-state index in [0.29, 0.717) is 5.52 Å². The Balaban J connectivity index is 2.70. The first-order chi connectivity index (χ1) is 8.58. The molecule has 0 aromatic carbocycles. The molecule has 0 aliphatic rings. The molecule has 0 bridgehead atoms. The van der Waals surface area contributed by atoms with Gasteiger partial charge in [-0.25, -0.2) is 4.79 Å². The average molecular weight is 250 g/mol. The molecule has 0 aliphatic heterocycles. The van der Waals surface area contributed by atoms with Crippen molar-refractivity contribution in [2.24, 2.45) is 0 Å². The van der Waals surface area contributed by atoms with E-state index in [0.717, 1.165) is 0 Å². The maximum absolute atomic E-state index is 11.5. The second-order valence-electron chi connectivity index (χ2n) is 3.50. The van der Waals surface area contributed by atoms with Crippen LogP contribution >= 0.6 is 0 Å². The molecular weight excluding hydrogens is 240 g/mol. The van der Waals surface area contributed by atoms with E-state index in [1.165, 1.54) is 43.1 Å². The standard InChI is InChI=1S/C11H10N2O5/c1-17-10-8(11(14)18-2)3-4-12-6-7(13(15)16)5-9(10)12/h3-6H,1-2H3. The molecule has 2 heterocycles. The van der Waals surface area contributed by atoms with Gasteiger partial charge in [-0.2, -0.15) is 0 Å². The lowest BCUT2D eigenvalue weighted by Crippen LogP contribution is -2.05. The minimum Gasteiger partial charge on any atom is -0.494 e. The van der Waals surface area contributed by atoms with E-state index in [1.807, 2.05) is 0 Å². The molecule has 0 spiro atoms. The van der Waals surface area contributed by atoms with Crippen LogP contribution in [0.5, 0.6) is 5.75 Å². The van der Waals surface area contributed by atoms with Crippen molar-refractivity contribution >= 4 is 17.2 Å². The van der Waals surface area contributed by atoms with Crippen molar-refractivity contribution in [3.63, 3.8) is 0 Å². The Kier molecular flexibility index (Phi) is 2.88. The van der Waals surface area contributed by atoms with Crippen molar-refractivity contribution in [3.05, 3.63) is 40.2 Å². The van der Waals surface area contributed by atoms with Crippen LogP contribution < -0.4 is 4.74 Å². The van der Waals surface area contributed by atoms with E-state index in [-0.39, 0.29) is 17.0 Å². The van der Waals surface area contributed by atoms with Crippen molar-refractivity contribution in [1.29, 1.82) is 0 Å². The van der Waals surface area contributed by atoms with Crippen molar-refractivity contribution < 1.29 is 19.2 Å². The van der Waals surface area contributed by atoms with Gasteiger partial charge < -0.3 is 13.9 Å². The second-order valence-corrected chi connectivity index (χ2v) is 3.50. The number of carbonyl (C=O) groups excluding carboxylic acids is 1. The summed E-state index contributed by atoms with van der Waals surface area (Å²) in [6, 6.07) is 2.83. The quantitative estimate of drug-likeness (QED) is 0.469. The summed E-state index contributed by atoms with van der Waals surface area (Å²) >= 11 is 0. The Morgan fingerprint density at radius 1 is 1.44 bits per heavy atom. The van der Waals surface area contributed by atoms with Crippen LogP contribution in [0.1, 0.15) is 10.4 Å². The predicted octanol–water partition coefficient (Wildman–Crippen LogP) is 1.64. The predicted molar refractivity (Wildman–Crippen MR) is 61.9 cm³/mol. The number of fused-ring (bicyclic) bond motifs is 1. The smallest absolute Gasteiger partial charge is 0.341 e. The van der Waals surface area contributed by atoms with Crippen molar-refractivity contribution in [2.45, 2.75) is 0 Å². The third-order valence-corrected chi connectivity index (χ3v) is 2.53. The number of hydrogen-bond acceptors (Lipinski definition) is 5. The molecule has 0 saturated carbocycles. The highest BCUT2D eigenvalue weighted by molar-refractivity contribution is 5.95. The van der Waals surface area contributed by atoms with Crippen LogP contribution in [0.3, 0.4) is 0 Å². The Morgan fingerprint density at radius 3 is 2.72 bits per heavy atom. The molecule has 0 unspecified atom stereocenters. The summed E-state index contributed by atoms with van der Waals surface area (Å²) in [5.41, 5.74) is 0.586. The van der Waals surface area contributed by atoms with Gasteiger partial charge in [0.1, 0.15) is 5.56 Å². The van der Waals surface area contributed by atoms with E-state index in [1.54, 1.807) is 0 Å². The van der Waals surface area contributed by atoms with Crippen LogP contribution in [0, 0.1) is 10.1 Å². The lowest BCUT2D eigenvalue weighted by Gasteiger charge is -2.08. The van der Waals surface area contributed by atoms with Crippen molar-refractivity contribution in [2.75, 3.05) is 14.2 Å². The number of esters is 1. The fourth-order valence-electron chi connectivity index (χ4n) is 1.72. The first-order valence-electron chi connectivity index (χ1n) is 5.00. The van der Waals surface area contributed by atoms with Gasteiger partial charge in [-0.15, -0.1) is 0 Å². The van der Waals surface area contributed by atoms with Gasteiger partial charge in [-0.05, 0) is 6.07 Å². The van der Waals surface area contributed by atoms with Crippen LogP contribution in [0.15, 0.2) is 24.5 Å². The number of rotatable bonds is 3. The van der Waals surface area contributed by atoms with Crippen molar-refractivity contribution in [3.8, 4) is 5.75 Å². The molecule has 0 saturated heterocycles. The van der Waals surface area contributed by atoms with E-state index in [9.17, 15) is 14.9 Å². The molecule has 0 aliphatic carbocycles. The zero-order valence-corrected chi connectivity index (χ0v) is 9.75. The molecule has 18 heavy (non-hydrogen) atoms. The van der Waals surface area contributed by atoms with Gasteiger partial charge in [0.15, 0.2) is 5.75 Å². The van der Waals surface area contributed by atoms with Crippen LogP contribution in [0.4, 0.5) is 5.69 Å². The first kappa shape index (κ1) is 11.9. The second kappa shape index (κ2) is 4.36. The largest absolute Gasteiger partial charge is 0.494 e. The highest BCUT2D eigenvalue weighted by atomic mass is 16.6. The maximum Gasteiger partial charge on any atom is 0.341 e. The number of pyridine rings is 1. The molecular formula is C11H10N2O5. The fourth-order valence-corrected chi connectivity index (χ4v) is 1.72. The number of aromatic nitrogens is 1. The van der Waals surface area contributed by atoms with Crippen LogP contribution in [-0.2, 0) is 4.74 Å². The molecule has 0 atom stereocenters. The van der Waals surface area contributed by atoms with Gasteiger partial charge in [0, 0.05) is 12.3 Å². The monoisotopic (exact) mass is 250 g/mol. The highest BCUT2D eigenvalue weighted by Crippen LogP contribution is 2.29. The average Bonchev–Trinajstić information content (AvgIpc) is 2.80. The summed E-state index contributed by atoms with van der Waals surface area (Å²) in [6.07, 6.45) is 2.88. The molecule has 7 heteroatoms. The van der Waals surface area contributed by atoms with Gasteiger partial charge in [-0.3, -0.25) is 10.1 Å². The van der Waals surface area contributed by atoms with Gasteiger partial charge in [-0.1, -0.05) is 0 Å². The first-order valence-corrected chi connectivity index (χ1v) is 5.00. The van der Waals surface area contributed by atoms with Crippen LogP contribution in [0.2, 0.25) is 0 Å². The number of carbonyl (C=O) groups is 1. The number of nitrogens with zero attached hydrogens (tertiary/aromatic N) is 2. The molecule has 7 nitrogen and oxygen atoms in total. The fraction of sp³-hybridized carbons (Fsp3) is 0.182. The third-order valence-electron chi connectivity index (χ3n) is 2.53. The normalized spacial score (nSPS) is 10.3. The topological polar surface area (TPSA) is 83.1 Å². The highest BCUT2D eigenvalue weighted by Gasteiger charge is 2.19.